The Labute approximate surface area is 189 Å². The molecule has 0 aliphatic rings. The van der Waals surface area contributed by atoms with E-state index in [9.17, 15) is 9.59 Å². The van der Waals surface area contributed by atoms with Crippen LogP contribution >= 0.6 is 0 Å². The van der Waals surface area contributed by atoms with E-state index in [0.717, 1.165) is 11.3 Å². The SMILES string of the molecule is COC(=O)c1ccccc1C(=O)NCCOc1ccc2nnc(-c3ccc(OC)cc3)n2n1. The Kier molecular flexibility index (Phi) is 6.44. The highest BCUT2D eigenvalue weighted by Crippen LogP contribution is 2.21. The van der Waals surface area contributed by atoms with Crippen LogP contribution in [0.5, 0.6) is 11.6 Å². The van der Waals surface area contributed by atoms with Gasteiger partial charge in [-0.2, -0.15) is 4.52 Å². The molecule has 0 atom stereocenters. The van der Waals surface area contributed by atoms with Gasteiger partial charge in [0.15, 0.2) is 11.5 Å². The Bertz CT molecular complexity index is 1290. The fourth-order valence-electron chi connectivity index (χ4n) is 3.15. The number of fused-ring (bicyclic) bond motifs is 1. The lowest BCUT2D eigenvalue weighted by Crippen LogP contribution is -2.29. The molecular weight excluding hydrogens is 426 g/mol. The van der Waals surface area contributed by atoms with Crippen LogP contribution in [0.15, 0.2) is 60.7 Å². The fourth-order valence-corrected chi connectivity index (χ4v) is 3.15. The summed E-state index contributed by atoms with van der Waals surface area (Å²) in [7, 11) is 2.87. The number of carbonyl (C=O) groups is 2. The minimum absolute atomic E-state index is 0.171. The first kappa shape index (κ1) is 21.8. The van der Waals surface area contributed by atoms with Gasteiger partial charge in [0.2, 0.25) is 5.88 Å². The van der Waals surface area contributed by atoms with Gasteiger partial charge in [0.05, 0.1) is 31.9 Å². The van der Waals surface area contributed by atoms with Crippen molar-refractivity contribution in [2.45, 2.75) is 0 Å². The smallest absolute Gasteiger partial charge is 0.338 e. The largest absolute Gasteiger partial charge is 0.497 e. The standard InChI is InChI=1S/C23H21N5O5/c1-31-16-9-7-15(8-10-16)21-26-25-19-11-12-20(27-28(19)21)33-14-13-24-22(29)17-5-3-4-6-18(17)23(30)32-2/h3-12H,13-14H2,1-2H3,(H,24,29). The summed E-state index contributed by atoms with van der Waals surface area (Å²) < 4.78 is 17.2. The summed E-state index contributed by atoms with van der Waals surface area (Å²) in [6.45, 7) is 0.381. The number of esters is 1. The second-order valence-electron chi connectivity index (χ2n) is 6.84. The zero-order valence-corrected chi connectivity index (χ0v) is 18.0. The van der Waals surface area contributed by atoms with Crippen LogP contribution in [0.25, 0.3) is 17.0 Å². The van der Waals surface area contributed by atoms with Crippen LogP contribution < -0.4 is 14.8 Å². The molecule has 10 nitrogen and oxygen atoms in total. The van der Waals surface area contributed by atoms with Crippen molar-refractivity contribution in [3.63, 3.8) is 0 Å². The van der Waals surface area contributed by atoms with Gasteiger partial charge in [-0.25, -0.2) is 4.79 Å². The number of rotatable bonds is 8. The van der Waals surface area contributed by atoms with E-state index in [0.29, 0.717) is 17.4 Å². The number of amides is 1. The summed E-state index contributed by atoms with van der Waals surface area (Å²) >= 11 is 0. The minimum Gasteiger partial charge on any atom is -0.497 e. The van der Waals surface area contributed by atoms with Crippen LogP contribution in [0, 0.1) is 0 Å². The Balaban J connectivity index is 1.40. The van der Waals surface area contributed by atoms with Gasteiger partial charge in [0.1, 0.15) is 12.4 Å². The lowest BCUT2D eigenvalue weighted by atomic mass is 10.1. The summed E-state index contributed by atoms with van der Waals surface area (Å²) in [5.74, 6) is 0.674. The normalized spacial score (nSPS) is 10.6. The molecule has 0 saturated heterocycles. The third-order valence-electron chi connectivity index (χ3n) is 4.80. The summed E-state index contributed by atoms with van der Waals surface area (Å²) in [5.41, 5.74) is 1.83. The van der Waals surface area contributed by atoms with E-state index in [1.165, 1.54) is 13.2 Å². The van der Waals surface area contributed by atoms with Gasteiger partial charge in [-0.15, -0.1) is 15.3 Å². The molecule has 2 heterocycles. The zero-order valence-electron chi connectivity index (χ0n) is 18.0. The van der Waals surface area contributed by atoms with E-state index in [-0.39, 0.29) is 24.3 Å². The number of aromatic nitrogens is 4. The fraction of sp³-hybridized carbons (Fsp3) is 0.174. The van der Waals surface area contributed by atoms with Crippen LogP contribution in [-0.4, -0.2) is 59.1 Å². The second-order valence-corrected chi connectivity index (χ2v) is 6.84. The number of benzene rings is 2. The Morgan fingerprint density at radius 2 is 1.70 bits per heavy atom. The van der Waals surface area contributed by atoms with Crippen LogP contribution in [-0.2, 0) is 4.74 Å². The van der Waals surface area contributed by atoms with Gasteiger partial charge < -0.3 is 19.5 Å². The molecule has 2 aromatic heterocycles. The van der Waals surface area contributed by atoms with Crippen molar-refractivity contribution in [1.29, 1.82) is 0 Å². The first-order chi connectivity index (χ1) is 16.1. The molecule has 10 heteroatoms. The highest BCUT2D eigenvalue weighted by Gasteiger charge is 2.16. The molecule has 0 saturated carbocycles. The molecule has 4 rings (SSSR count). The molecular formula is C23H21N5O5. The van der Waals surface area contributed by atoms with Gasteiger partial charge in [-0.05, 0) is 42.5 Å². The lowest BCUT2D eigenvalue weighted by molar-refractivity contribution is 0.0596. The summed E-state index contributed by atoms with van der Waals surface area (Å²) in [6.07, 6.45) is 0. The van der Waals surface area contributed by atoms with Crippen molar-refractivity contribution >= 4 is 17.5 Å². The number of nitrogens with zero attached hydrogens (tertiary/aromatic N) is 4. The summed E-state index contributed by atoms with van der Waals surface area (Å²) in [6, 6.07) is 17.3. The van der Waals surface area contributed by atoms with E-state index in [2.05, 4.69) is 20.6 Å². The Morgan fingerprint density at radius 1 is 0.939 bits per heavy atom. The Hall–Kier alpha value is -4.47. The van der Waals surface area contributed by atoms with E-state index < -0.39 is 11.9 Å². The molecule has 1 amide bonds. The quantitative estimate of drug-likeness (QED) is 0.323. The maximum absolute atomic E-state index is 12.5. The summed E-state index contributed by atoms with van der Waals surface area (Å²) in [4.78, 5) is 24.3. The maximum Gasteiger partial charge on any atom is 0.338 e. The molecule has 0 radical (unpaired) electrons. The number of carbonyl (C=O) groups excluding carboxylic acids is 2. The van der Waals surface area contributed by atoms with Crippen LogP contribution in [0.1, 0.15) is 20.7 Å². The molecule has 2 aromatic carbocycles. The van der Waals surface area contributed by atoms with Crippen molar-refractivity contribution in [2.24, 2.45) is 0 Å². The molecule has 168 valence electrons. The predicted octanol–water partition coefficient (Wildman–Crippen LogP) is 2.40. The molecule has 0 bridgehead atoms. The van der Waals surface area contributed by atoms with Crippen LogP contribution in [0.2, 0.25) is 0 Å². The lowest BCUT2D eigenvalue weighted by Gasteiger charge is -2.10. The van der Waals surface area contributed by atoms with Gasteiger partial charge in [-0.3, -0.25) is 4.79 Å². The van der Waals surface area contributed by atoms with Crippen molar-refractivity contribution in [3.8, 4) is 23.0 Å². The van der Waals surface area contributed by atoms with Crippen molar-refractivity contribution in [1.82, 2.24) is 25.1 Å². The van der Waals surface area contributed by atoms with E-state index in [1.807, 2.05) is 24.3 Å². The molecule has 33 heavy (non-hydrogen) atoms. The summed E-state index contributed by atoms with van der Waals surface area (Å²) in [5, 5.41) is 15.5. The van der Waals surface area contributed by atoms with Crippen molar-refractivity contribution in [3.05, 3.63) is 71.8 Å². The molecule has 0 fully saturated rings. The first-order valence-electron chi connectivity index (χ1n) is 10.1. The zero-order chi connectivity index (χ0) is 23.2. The molecule has 0 unspecified atom stereocenters. The van der Waals surface area contributed by atoms with Crippen molar-refractivity contribution < 1.29 is 23.8 Å². The van der Waals surface area contributed by atoms with Crippen LogP contribution in [0.4, 0.5) is 0 Å². The topological polar surface area (TPSA) is 117 Å². The monoisotopic (exact) mass is 447 g/mol. The third-order valence-corrected chi connectivity index (χ3v) is 4.80. The molecule has 0 aliphatic heterocycles. The Morgan fingerprint density at radius 3 is 2.42 bits per heavy atom. The third kappa shape index (κ3) is 4.74. The van der Waals surface area contributed by atoms with E-state index >= 15 is 0 Å². The van der Waals surface area contributed by atoms with Gasteiger partial charge in [0.25, 0.3) is 5.91 Å². The highest BCUT2D eigenvalue weighted by molar-refractivity contribution is 6.05. The van der Waals surface area contributed by atoms with E-state index in [1.54, 1.807) is 42.0 Å². The number of hydrogen-bond donors (Lipinski definition) is 1. The van der Waals surface area contributed by atoms with Gasteiger partial charge in [0, 0.05) is 11.6 Å². The highest BCUT2D eigenvalue weighted by atomic mass is 16.5. The number of methoxy groups -OCH3 is 2. The maximum atomic E-state index is 12.5. The molecule has 0 spiro atoms. The molecule has 0 aliphatic carbocycles. The average Bonchev–Trinajstić information content (AvgIpc) is 3.29. The first-order valence-corrected chi connectivity index (χ1v) is 10.1. The minimum atomic E-state index is -0.573. The second kappa shape index (κ2) is 9.77. The molecule has 1 N–H and O–H groups in total. The van der Waals surface area contributed by atoms with Gasteiger partial charge >= 0.3 is 5.97 Å². The predicted molar refractivity (Wildman–Crippen MR) is 118 cm³/mol. The number of ether oxygens (including phenoxy) is 3. The van der Waals surface area contributed by atoms with Crippen LogP contribution in [0.3, 0.4) is 0 Å². The number of nitrogens with one attached hydrogen (secondary N) is 1. The van der Waals surface area contributed by atoms with E-state index in [4.69, 9.17) is 14.2 Å². The molecule has 4 aromatic rings. The van der Waals surface area contributed by atoms with Gasteiger partial charge in [-0.1, -0.05) is 12.1 Å². The van der Waals surface area contributed by atoms with Crippen molar-refractivity contribution in [2.75, 3.05) is 27.4 Å². The average molecular weight is 447 g/mol. The number of hydrogen-bond acceptors (Lipinski definition) is 8.